The van der Waals surface area contributed by atoms with Crippen LogP contribution in [-0.4, -0.2) is 0 Å². The van der Waals surface area contributed by atoms with Crippen molar-refractivity contribution < 1.29 is 4.39 Å². The minimum atomic E-state index is -0.379. The van der Waals surface area contributed by atoms with Gasteiger partial charge in [-0.3, -0.25) is 0 Å². The van der Waals surface area contributed by atoms with Crippen molar-refractivity contribution in [1.82, 2.24) is 0 Å². The topological polar surface area (TPSA) is 23.8 Å². The van der Waals surface area contributed by atoms with E-state index in [0.29, 0.717) is 10.4 Å². The predicted molar refractivity (Wildman–Crippen MR) is 59.8 cm³/mol. The minimum Gasteiger partial charge on any atom is -0.206 e. The lowest BCUT2D eigenvalue weighted by Crippen LogP contribution is -2.38. The van der Waals surface area contributed by atoms with Crippen LogP contribution in [0.2, 0.25) is 0 Å². The average molecular weight is 268 g/mol. The van der Waals surface area contributed by atoms with Crippen molar-refractivity contribution in [2.45, 2.75) is 25.2 Å². The van der Waals surface area contributed by atoms with E-state index in [4.69, 9.17) is 0 Å². The van der Waals surface area contributed by atoms with Crippen molar-refractivity contribution in [3.8, 4) is 6.07 Å². The molecule has 15 heavy (non-hydrogen) atoms. The van der Waals surface area contributed by atoms with Crippen LogP contribution in [0.4, 0.5) is 4.39 Å². The third-order valence-electron chi connectivity index (χ3n) is 3.08. The van der Waals surface area contributed by atoms with Crippen LogP contribution in [0.5, 0.6) is 0 Å². The fourth-order valence-corrected chi connectivity index (χ4v) is 2.69. The van der Waals surface area contributed by atoms with Crippen LogP contribution in [0.15, 0.2) is 22.7 Å². The number of rotatable bonds is 1. The Morgan fingerprint density at radius 2 is 2.20 bits per heavy atom. The lowest BCUT2D eigenvalue weighted by molar-refractivity contribution is 0.217. The van der Waals surface area contributed by atoms with Gasteiger partial charge in [0, 0.05) is 0 Å². The highest BCUT2D eigenvalue weighted by Crippen LogP contribution is 2.47. The fraction of sp³-hybridized carbons (Fsp3) is 0.417. The summed E-state index contributed by atoms with van der Waals surface area (Å²) in [7, 11) is 0. The molecule has 0 saturated heterocycles. The van der Waals surface area contributed by atoms with Crippen molar-refractivity contribution in [3.05, 3.63) is 34.1 Å². The molecule has 0 N–H and O–H groups in total. The molecule has 0 atom stereocenters. The molecule has 1 aromatic rings. The third kappa shape index (κ3) is 1.68. The summed E-state index contributed by atoms with van der Waals surface area (Å²) in [6.45, 7) is 2.13. The Balaban J connectivity index is 2.38. The van der Waals surface area contributed by atoms with Gasteiger partial charge < -0.3 is 0 Å². The van der Waals surface area contributed by atoms with Crippen LogP contribution in [0, 0.1) is 23.1 Å². The van der Waals surface area contributed by atoms with E-state index in [1.165, 1.54) is 6.07 Å². The summed E-state index contributed by atoms with van der Waals surface area (Å²) >= 11 is 3.15. The normalized spacial score (nSPS) is 29.3. The highest BCUT2D eigenvalue weighted by Gasteiger charge is 2.44. The Morgan fingerprint density at radius 1 is 1.53 bits per heavy atom. The van der Waals surface area contributed by atoms with Gasteiger partial charge in [-0.2, -0.15) is 5.26 Å². The SMILES string of the molecule is CC1CC(C#N)(c2ccc(F)c(Br)c2)C1. The van der Waals surface area contributed by atoms with Crippen LogP contribution >= 0.6 is 15.9 Å². The number of halogens is 2. The van der Waals surface area contributed by atoms with E-state index in [0.717, 1.165) is 18.4 Å². The summed E-state index contributed by atoms with van der Waals surface area (Å²) in [5.41, 5.74) is 0.548. The monoisotopic (exact) mass is 267 g/mol. The first-order chi connectivity index (χ1) is 7.07. The van der Waals surface area contributed by atoms with E-state index >= 15 is 0 Å². The molecule has 0 spiro atoms. The van der Waals surface area contributed by atoms with Crippen LogP contribution in [0.3, 0.4) is 0 Å². The molecule has 1 nitrogen and oxygen atoms in total. The zero-order chi connectivity index (χ0) is 11.1. The Hall–Kier alpha value is -0.880. The first-order valence-electron chi connectivity index (χ1n) is 4.94. The van der Waals surface area contributed by atoms with Crippen molar-refractivity contribution in [1.29, 1.82) is 5.26 Å². The molecule has 0 heterocycles. The zero-order valence-corrected chi connectivity index (χ0v) is 10.0. The third-order valence-corrected chi connectivity index (χ3v) is 3.69. The number of nitriles is 1. The molecule has 0 radical (unpaired) electrons. The first kappa shape index (κ1) is 10.6. The van der Waals surface area contributed by atoms with Gasteiger partial charge in [-0.05, 0) is 52.4 Å². The highest BCUT2D eigenvalue weighted by atomic mass is 79.9. The second kappa shape index (κ2) is 3.61. The molecule has 2 rings (SSSR count). The van der Waals surface area contributed by atoms with Gasteiger partial charge in [0.1, 0.15) is 5.82 Å². The van der Waals surface area contributed by atoms with Gasteiger partial charge in [-0.1, -0.05) is 13.0 Å². The number of nitrogens with zero attached hydrogens (tertiary/aromatic N) is 1. The first-order valence-corrected chi connectivity index (χ1v) is 5.73. The molecule has 1 fully saturated rings. The van der Waals surface area contributed by atoms with Crippen LogP contribution in [-0.2, 0) is 5.41 Å². The molecule has 0 amide bonds. The minimum absolute atomic E-state index is 0.279. The van der Waals surface area contributed by atoms with Gasteiger partial charge in [0.15, 0.2) is 0 Å². The van der Waals surface area contributed by atoms with Gasteiger partial charge >= 0.3 is 0 Å². The Kier molecular flexibility index (Phi) is 2.56. The van der Waals surface area contributed by atoms with E-state index in [2.05, 4.69) is 28.9 Å². The number of benzene rings is 1. The molecule has 78 valence electrons. The van der Waals surface area contributed by atoms with E-state index in [-0.39, 0.29) is 11.2 Å². The molecule has 0 aromatic heterocycles. The molecule has 0 bridgehead atoms. The summed E-state index contributed by atoms with van der Waals surface area (Å²) in [6.07, 6.45) is 1.75. The maximum absolute atomic E-state index is 13.1. The summed E-state index contributed by atoms with van der Waals surface area (Å²) in [5.74, 6) is 0.313. The number of hydrogen-bond donors (Lipinski definition) is 0. The lowest BCUT2D eigenvalue weighted by Gasteiger charge is -2.41. The zero-order valence-electron chi connectivity index (χ0n) is 8.43. The van der Waals surface area contributed by atoms with Gasteiger partial charge in [0.2, 0.25) is 0 Å². The van der Waals surface area contributed by atoms with Crippen molar-refractivity contribution in [2.75, 3.05) is 0 Å². The van der Waals surface area contributed by atoms with E-state index in [9.17, 15) is 9.65 Å². The average Bonchev–Trinajstić information content (AvgIpc) is 2.17. The second-order valence-electron chi connectivity index (χ2n) is 4.34. The summed E-state index contributed by atoms with van der Waals surface area (Å²) in [5, 5.41) is 9.21. The lowest BCUT2D eigenvalue weighted by atomic mass is 9.60. The molecular formula is C12H11BrFN. The standard InChI is InChI=1S/C12H11BrFN/c1-8-5-12(6-8,7-15)9-2-3-11(14)10(13)4-9/h2-4,8H,5-6H2,1H3. The Bertz CT molecular complexity index is 430. The summed E-state index contributed by atoms with van der Waals surface area (Å²) in [4.78, 5) is 0. The maximum Gasteiger partial charge on any atom is 0.137 e. The Morgan fingerprint density at radius 3 is 2.67 bits per heavy atom. The van der Waals surface area contributed by atoms with Gasteiger partial charge in [-0.15, -0.1) is 0 Å². The number of hydrogen-bond acceptors (Lipinski definition) is 1. The predicted octanol–water partition coefficient (Wildman–Crippen LogP) is 3.78. The van der Waals surface area contributed by atoms with E-state index < -0.39 is 0 Å². The van der Waals surface area contributed by atoms with Gasteiger partial charge in [-0.25, -0.2) is 4.39 Å². The van der Waals surface area contributed by atoms with Crippen molar-refractivity contribution in [2.24, 2.45) is 5.92 Å². The molecule has 0 unspecified atom stereocenters. The molecular weight excluding hydrogens is 257 g/mol. The molecule has 3 heteroatoms. The van der Waals surface area contributed by atoms with Crippen molar-refractivity contribution in [3.63, 3.8) is 0 Å². The molecule has 1 aromatic carbocycles. The molecule has 1 aliphatic rings. The highest BCUT2D eigenvalue weighted by molar-refractivity contribution is 9.10. The van der Waals surface area contributed by atoms with Crippen LogP contribution in [0.25, 0.3) is 0 Å². The fourth-order valence-electron chi connectivity index (χ4n) is 2.32. The second-order valence-corrected chi connectivity index (χ2v) is 5.19. The van der Waals surface area contributed by atoms with Crippen LogP contribution < -0.4 is 0 Å². The summed E-state index contributed by atoms with van der Waals surface area (Å²) in [6, 6.07) is 7.23. The molecule has 1 saturated carbocycles. The van der Waals surface area contributed by atoms with E-state index in [1.807, 2.05) is 0 Å². The maximum atomic E-state index is 13.1. The van der Waals surface area contributed by atoms with Gasteiger partial charge in [0.05, 0.1) is 16.0 Å². The molecule has 0 aliphatic heterocycles. The largest absolute Gasteiger partial charge is 0.206 e. The van der Waals surface area contributed by atoms with Crippen LogP contribution in [0.1, 0.15) is 25.3 Å². The van der Waals surface area contributed by atoms with E-state index in [1.54, 1.807) is 12.1 Å². The van der Waals surface area contributed by atoms with Gasteiger partial charge in [0.25, 0.3) is 0 Å². The Labute approximate surface area is 97.0 Å². The molecule has 1 aliphatic carbocycles. The smallest absolute Gasteiger partial charge is 0.137 e. The summed E-state index contributed by atoms with van der Waals surface area (Å²) < 4.78 is 13.5. The van der Waals surface area contributed by atoms with Crippen molar-refractivity contribution >= 4 is 15.9 Å². The quantitative estimate of drug-likeness (QED) is 0.760.